The summed E-state index contributed by atoms with van der Waals surface area (Å²) in [6, 6.07) is 7.14. The minimum absolute atomic E-state index is 0.0103. The minimum Gasteiger partial charge on any atom is -0.475 e. The fraction of sp³-hybridized carbons (Fsp3) is 0.211. The van der Waals surface area contributed by atoms with Crippen LogP contribution in [0, 0.1) is 0 Å². The Balaban J connectivity index is 2.03. The maximum absolute atomic E-state index is 13.9. The Morgan fingerprint density at radius 1 is 1.14 bits per heavy atom. The van der Waals surface area contributed by atoms with E-state index in [1.165, 1.54) is 12.4 Å². The van der Waals surface area contributed by atoms with Gasteiger partial charge >= 0.3 is 6.18 Å². The number of hydrogen-bond donors (Lipinski definition) is 1. The SMILES string of the molecule is CCOc1nccnc1-n1nc(C(F)(F)F)c(-c2cn(C)c3ccccc23)c1N. The molecule has 7 nitrogen and oxygen atoms in total. The summed E-state index contributed by atoms with van der Waals surface area (Å²) in [4.78, 5) is 8.11. The quantitative estimate of drug-likeness (QED) is 0.561. The Bertz CT molecular complexity index is 1190. The molecule has 0 atom stereocenters. The van der Waals surface area contributed by atoms with E-state index in [1.807, 2.05) is 12.1 Å². The molecule has 29 heavy (non-hydrogen) atoms. The van der Waals surface area contributed by atoms with Crippen LogP contribution in [0.2, 0.25) is 0 Å². The third-order valence-electron chi connectivity index (χ3n) is 4.48. The summed E-state index contributed by atoms with van der Waals surface area (Å²) in [7, 11) is 1.76. The summed E-state index contributed by atoms with van der Waals surface area (Å²) in [5.74, 6) is -0.165. The number of benzene rings is 1. The van der Waals surface area contributed by atoms with Crippen LogP contribution >= 0.6 is 0 Å². The van der Waals surface area contributed by atoms with Crippen molar-refractivity contribution in [3.05, 3.63) is 48.5 Å². The minimum atomic E-state index is -4.72. The van der Waals surface area contributed by atoms with Crippen molar-refractivity contribution >= 4 is 16.7 Å². The molecule has 150 valence electrons. The second kappa shape index (κ2) is 6.80. The normalized spacial score (nSPS) is 11.9. The van der Waals surface area contributed by atoms with E-state index in [1.54, 1.807) is 36.9 Å². The zero-order valence-corrected chi connectivity index (χ0v) is 15.6. The summed E-state index contributed by atoms with van der Waals surface area (Å²) >= 11 is 0. The van der Waals surface area contributed by atoms with E-state index < -0.39 is 11.9 Å². The molecule has 0 aliphatic rings. The second-order valence-electron chi connectivity index (χ2n) is 6.31. The van der Waals surface area contributed by atoms with Gasteiger partial charge in [-0.15, -0.1) is 0 Å². The van der Waals surface area contributed by atoms with E-state index in [0.29, 0.717) is 10.9 Å². The molecule has 0 saturated heterocycles. The van der Waals surface area contributed by atoms with E-state index in [0.717, 1.165) is 10.2 Å². The number of anilines is 1. The number of nitrogens with two attached hydrogens (primary N) is 1. The molecule has 4 aromatic rings. The third kappa shape index (κ3) is 3.06. The number of aryl methyl sites for hydroxylation is 1. The number of nitrogen functional groups attached to an aromatic ring is 1. The number of rotatable bonds is 4. The maximum atomic E-state index is 13.9. The first kappa shape index (κ1) is 18.8. The second-order valence-corrected chi connectivity index (χ2v) is 6.31. The van der Waals surface area contributed by atoms with Crippen LogP contribution in [-0.2, 0) is 13.2 Å². The highest BCUT2D eigenvalue weighted by molar-refractivity contribution is 5.99. The summed E-state index contributed by atoms with van der Waals surface area (Å²) < 4.78 is 49.7. The van der Waals surface area contributed by atoms with Gasteiger partial charge in [-0.1, -0.05) is 18.2 Å². The van der Waals surface area contributed by atoms with Crippen molar-refractivity contribution in [3.63, 3.8) is 0 Å². The number of ether oxygens (including phenoxy) is 1. The first-order valence-electron chi connectivity index (χ1n) is 8.77. The third-order valence-corrected chi connectivity index (χ3v) is 4.48. The molecular weight excluding hydrogens is 385 g/mol. The maximum Gasteiger partial charge on any atom is 0.435 e. The van der Waals surface area contributed by atoms with E-state index in [9.17, 15) is 13.2 Å². The zero-order valence-electron chi connectivity index (χ0n) is 15.6. The number of aromatic nitrogens is 5. The van der Waals surface area contributed by atoms with E-state index in [4.69, 9.17) is 10.5 Å². The Kier molecular flexibility index (Phi) is 4.40. The molecule has 0 aliphatic carbocycles. The fourth-order valence-electron chi connectivity index (χ4n) is 3.30. The van der Waals surface area contributed by atoms with E-state index >= 15 is 0 Å². The van der Waals surface area contributed by atoms with Crippen molar-refractivity contribution in [3.8, 4) is 22.8 Å². The molecule has 0 bridgehead atoms. The topological polar surface area (TPSA) is 83.8 Å². The monoisotopic (exact) mass is 402 g/mol. The lowest BCUT2D eigenvalue weighted by Crippen LogP contribution is -2.10. The van der Waals surface area contributed by atoms with Crippen molar-refractivity contribution in [2.45, 2.75) is 13.1 Å². The molecule has 4 rings (SSSR count). The van der Waals surface area contributed by atoms with Crippen LogP contribution in [0.3, 0.4) is 0 Å². The predicted octanol–water partition coefficient (Wildman–Crippen LogP) is 3.82. The van der Waals surface area contributed by atoms with Gasteiger partial charge in [-0.05, 0) is 13.0 Å². The molecule has 0 saturated carbocycles. The summed E-state index contributed by atoms with van der Waals surface area (Å²) in [6.45, 7) is 1.99. The molecule has 1 aromatic carbocycles. The first-order valence-corrected chi connectivity index (χ1v) is 8.77. The lowest BCUT2D eigenvalue weighted by Gasteiger charge is -2.08. The number of halogens is 3. The van der Waals surface area contributed by atoms with Crippen molar-refractivity contribution in [2.24, 2.45) is 7.05 Å². The predicted molar refractivity (Wildman–Crippen MR) is 102 cm³/mol. The van der Waals surface area contributed by atoms with Gasteiger partial charge in [-0.25, -0.2) is 9.97 Å². The van der Waals surface area contributed by atoms with Gasteiger partial charge in [0, 0.05) is 42.1 Å². The Morgan fingerprint density at radius 2 is 1.86 bits per heavy atom. The van der Waals surface area contributed by atoms with Crippen LogP contribution in [0.1, 0.15) is 12.6 Å². The summed E-state index contributed by atoms with van der Waals surface area (Å²) in [6.07, 6.45) is -0.397. The zero-order chi connectivity index (χ0) is 20.8. The average molecular weight is 402 g/mol. The molecule has 0 aliphatic heterocycles. The number of para-hydroxylation sites is 1. The van der Waals surface area contributed by atoms with E-state index in [-0.39, 0.29) is 29.7 Å². The lowest BCUT2D eigenvalue weighted by molar-refractivity contribution is -0.140. The van der Waals surface area contributed by atoms with Gasteiger partial charge in [0.1, 0.15) is 5.82 Å². The molecule has 0 unspecified atom stereocenters. The van der Waals surface area contributed by atoms with Crippen molar-refractivity contribution in [2.75, 3.05) is 12.3 Å². The standard InChI is InChI=1S/C19H17F3N6O/c1-3-29-18-17(24-8-9-25-18)28-16(23)14(15(26-28)19(20,21)22)12-10-27(2)13-7-5-4-6-11(12)13/h4-10H,3,23H2,1-2H3. The molecule has 2 N–H and O–H groups in total. The molecule has 3 heterocycles. The number of nitrogens with zero attached hydrogens (tertiary/aromatic N) is 5. The smallest absolute Gasteiger partial charge is 0.435 e. The van der Waals surface area contributed by atoms with Crippen LogP contribution in [0.4, 0.5) is 19.0 Å². The van der Waals surface area contributed by atoms with Gasteiger partial charge in [0.25, 0.3) is 5.88 Å². The van der Waals surface area contributed by atoms with Crippen molar-refractivity contribution in [1.82, 2.24) is 24.3 Å². The van der Waals surface area contributed by atoms with Gasteiger partial charge in [-0.3, -0.25) is 0 Å². The molecular formula is C19H17F3N6O. The van der Waals surface area contributed by atoms with Crippen LogP contribution < -0.4 is 10.5 Å². The number of fused-ring (bicyclic) bond motifs is 1. The molecule has 0 spiro atoms. The Morgan fingerprint density at radius 3 is 2.59 bits per heavy atom. The highest BCUT2D eigenvalue weighted by Gasteiger charge is 2.40. The molecule has 0 fully saturated rings. The van der Waals surface area contributed by atoms with Crippen LogP contribution in [0.15, 0.2) is 42.9 Å². The molecule has 0 radical (unpaired) electrons. The molecule has 0 amide bonds. The van der Waals surface area contributed by atoms with Crippen LogP contribution in [0.25, 0.3) is 27.8 Å². The average Bonchev–Trinajstić information content (AvgIpc) is 3.20. The molecule has 3 aromatic heterocycles. The van der Waals surface area contributed by atoms with Crippen molar-refractivity contribution in [1.29, 1.82) is 0 Å². The first-order chi connectivity index (χ1) is 13.8. The van der Waals surface area contributed by atoms with Crippen LogP contribution in [-0.4, -0.2) is 30.9 Å². The number of hydrogen-bond acceptors (Lipinski definition) is 5. The Labute approximate surface area is 163 Å². The number of alkyl halides is 3. The Hall–Kier alpha value is -3.56. The largest absolute Gasteiger partial charge is 0.475 e. The fourth-order valence-corrected chi connectivity index (χ4v) is 3.30. The van der Waals surface area contributed by atoms with Gasteiger partial charge in [0.2, 0.25) is 5.82 Å². The van der Waals surface area contributed by atoms with Gasteiger partial charge in [0.15, 0.2) is 5.69 Å². The highest BCUT2D eigenvalue weighted by atomic mass is 19.4. The van der Waals surface area contributed by atoms with Gasteiger partial charge in [0.05, 0.1) is 12.2 Å². The summed E-state index contributed by atoms with van der Waals surface area (Å²) in [5, 5.41) is 4.40. The summed E-state index contributed by atoms with van der Waals surface area (Å²) in [5.41, 5.74) is 6.00. The highest BCUT2D eigenvalue weighted by Crippen LogP contribution is 2.43. The van der Waals surface area contributed by atoms with Crippen LogP contribution in [0.5, 0.6) is 5.88 Å². The van der Waals surface area contributed by atoms with Crippen molar-refractivity contribution < 1.29 is 17.9 Å². The lowest BCUT2D eigenvalue weighted by atomic mass is 10.0. The van der Waals surface area contributed by atoms with Gasteiger partial charge in [-0.2, -0.15) is 23.0 Å². The van der Waals surface area contributed by atoms with Gasteiger partial charge < -0.3 is 15.0 Å². The molecule has 10 heteroatoms. The van der Waals surface area contributed by atoms with E-state index in [2.05, 4.69) is 15.1 Å².